The van der Waals surface area contributed by atoms with Gasteiger partial charge in [-0.25, -0.2) is 0 Å². The fraction of sp³-hybridized carbons (Fsp3) is 0.250. The third-order valence-electron chi connectivity index (χ3n) is 2.36. The molecular weight excluding hydrogens is 224 g/mol. The van der Waals surface area contributed by atoms with E-state index in [0.29, 0.717) is 12.2 Å². The van der Waals surface area contributed by atoms with Crippen LogP contribution in [0.15, 0.2) is 18.2 Å². The third kappa shape index (κ3) is 1.88. The van der Waals surface area contributed by atoms with Crippen LogP contribution in [-0.4, -0.2) is 20.5 Å². The largest absolute Gasteiger partial charge is 0.493 e. The third-order valence-corrected chi connectivity index (χ3v) is 3.48. The Morgan fingerprint density at radius 1 is 1.19 bits per heavy atom. The quantitative estimate of drug-likeness (QED) is 0.766. The van der Waals surface area contributed by atoms with E-state index in [9.17, 15) is 4.79 Å². The number of ether oxygens (including phenoxy) is 2. The van der Waals surface area contributed by atoms with Crippen LogP contribution in [0.25, 0.3) is 10.1 Å². The Morgan fingerprint density at radius 2 is 1.88 bits per heavy atom. The Morgan fingerprint density at radius 3 is 2.50 bits per heavy atom. The predicted molar refractivity (Wildman–Crippen MR) is 64.7 cm³/mol. The fourth-order valence-corrected chi connectivity index (χ4v) is 2.63. The van der Waals surface area contributed by atoms with Crippen LogP contribution in [0.4, 0.5) is 0 Å². The molecule has 0 aliphatic carbocycles. The number of aldehydes is 1. The molecule has 0 saturated carbocycles. The van der Waals surface area contributed by atoms with Crippen molar-refractivity contribution in [2.24, 2.45) is 0 Å². The first kappa shape index (κ1) is 11.0. The van der Waals surface area contributed by atoms with Gasteiger partial charge in [-0.3, -0.25) is 0 Å². The summed E-state index contributed by atoms with van der Waals surface area (Å²) in [4.78, 5) is 11.5. The summed E-state index contributed by atoms with van der Waals surface area (Å²) in [6.45, 7) is 0. The molecule has 0 unspecified atom stereocenters. The van der Waals surface area contributed by atoms with Crippen molar-refractivity contribution in [3.8, 4) is 11.5 Å². The van der Waals surface area contributed by atoms with Gasteiger partial charge in [0.1, 0.15) is 6.29 Å². The number of methoxy groups -OCH3 is 2. The number of rotatable bonds is 4. The van der Waals surface area contributed by atoms with Crippen LogP contribution in [0.1, 0.15) is 4.88 Å². The number of carbonyl (C=O) groups is 1. The van der Waals surface area contributed by atoms with Crippen LogP contribution in [0.5, 0.6) is 11.5 Å². The normalized spacial score (nSPS) is 10.4. The van der Waals surface area contributed by atoms with Gasteiger partial charge in [0.2, 0.25) is 0 Å². The average molecular weight is 236 g/mol. The first-order chi connectivity index (χ1) is 7.78. The Hall–Kier alpha value is -1.55. The first-order valence-corrected chi connectivity index (χ1v) is 5.68. The summed E-state index contributed by atoms with van der Waals surface area (Å²) in [5.74, 6) is 1.43. The number of benzene rings is 1. The maximum absolute atomic E-state index is 10.5. The van der Waals surface area contributed by atoms with Gasteiger partial charge in [0.05, 0.1) is 14.2 Å². The van der Waals surface area contributed by atoms with Crippen LogP contribution in [0.3, 0.4) is 0 Å². The lowest BCUT2D eigenvalue weighted by molar-refractivity contribution is -0.107. The molecule has 0 spiro atoms. The number of hydrogen-bond donors (Lipinski definition) is 0. The molecule has 0 aliphatic rings. The molecule has 4 heteroatoms. The second kappa shape index (κ2) is 4.53. The number of thiophene rings is 1. The van der Waals surface area contributed by atoms with Gasteiger partial charge in [-0.1, -0.05) is 0 Å². The highest BCUT2D eigenvalue weighted by Crippen LogP contribution is 2.36. The van der Waals surface area contributed by atoms with E-state index in [-0.39, 0.29) is 0 Å². The Labute approximate surface area is 97.6 Å². The highest BCUT2D eigenvalue weighted by Gasteiger charge is 2.08. The molecule has 3 nitrogen and oxygen atoms in total. The van der Waals surface area contributed by atoms with Gasteiger partial charge in [-0.2, -0.15) is 0 Å². The minimum absolute atomic E-state index is 0.462. The van der Waals surface area contributed by atoms with E-state index in [2.05, 4.69) is 0 Å². The van der Waals surface area contributed by atoms with Crippen molar-refractivity contribution in [3.05, 3.63) is 23.1 Å². The van der Waals surface area contributed by atoms with E-state index < -0.39 is 0 Å². The Bertz CT molecular complexity index is 475. The Kier molecular flexibility index (Phi) is 3.10. The fourth-order valence-electron chi connectivity index (χ4n) is 1.60. The molecule has 1 aromatic heterocycles. The zero-order valence-corrected chi connectivity index (χ0v) is 9.97. The van der Waals surface area contributed by atoms with Gasteiger partial charge in [0.15, 0.2) is 11.5 Å². The number of carbonyl (C=O) groups excluding carboxylic acids is 1. The summed E-state index contributed by atoms with van der Waals surface area (Å²) < 4.78 is 11.6. The first-order valence-electron chi connectivity index (χ1n) is 4.86. The summed E-state index contributed by atoms with van der Waals surface area (Å²) in [5.41, 5.74) is 0. The van der Waals surface area contributed by atoms with E-state index >= 15 is 0 Å². The summed E-state index contributed by atoms with van der Waals surface area (Å²) in [7, 11) is 3.23. The standard InChI is InChI=1S/C12H12O3S/c1-14-10-6-8-5-9(3-4-13)16-12(8)7-11(10)15-2/h4-7H,3H2,1-2H3. The molecule has 0 atom stereocenters. The van der Waals surface area contributed by atoms with Crippen molar-refractivity contribution < 1.29 is 14.3 Å². The van der Waals surface area contributed by atoms with Gasteiger partial charge >= 0.3 is 0 Å². The zero-order chi connectivity index (χ0) is 11.5. The molecule has 16 heavy (non-hydrogen) atoms. The minimum atomic E-state index is 0.462. The second-order valence-electron chi connectivity index (χ2n) is 3.33. The van der Waals surface area contributed by atoms with Crippen molar-refractivity contribution >= 4 is 27.7 Å². The van der Waals surface area contributed by atoms with Gasteiger partial charge in [0.25, 0.3) is 0 Å². The average Bonchev–Trinajstić information content (AvgIpc) is 2.68. The summed E-state index contributed by atoms with van der Waals surface area (Å²) in [6, 6.07) is 5.88. The second-order valence-corrected chi connectivity index (χ2v) is 4.50. The molecule has 1 aromatic carbocycles. The highest BCUT2D eigenvalue weighted by molar-refractivity contribution is 7.19. The summed E-state index contributed by atoms with van der Waals surface area (Å²) in [5, 5.41) is 1.08. The van der Waals surface area contributed by atoms with Gasteiger partial charge in [0, 0.05) is 22.1 Å². The van der Waals surface area contributed by atoms with Crippen LogP contribution in [0.2, 0.25) is 0 Å². The molecule has 0 amide bonds. The van der Waals surface area contributed by atoms with Crippen molar-refractivity contribution in [2.75, 3.05) is 14.2 Å². The molecule has 0 N–H and O–H groups in total. The van der Waals surface area contributed by atoms with E-state index in [1.165, 1.54) is 0 Å². The van der Waals surface area contributed by atoms with Gasteiger partial charge in [-0.05, 0) is 17.5 Å². The topological polar surface area (TPSA) is 35.5 Å². The molecule has 0 radical (unpaired) electrons. The van der Waals surface area contributed by atoms with E-state index in [0.717, 1.165) is 27.0 Å². The lowest BCUT2D eigenvalue weighted by atomic mass is 10.2. The molecule has 0 aliphatic heterocycles. The molecule has 0 fully saturated rings. The van der Waals surface area contributed by atoms with E-state index in [1.807, 2.05) is 18.2 Å². The Balaban J connectivity index is 2.55. The maximum Gasteiger partial charge on any atom is 0.162 e. The lowest BCUT2D eigenvalue weighted by Gasteiger charge is -2.06. The molecular formula is C12H12O3S. The van der Waals surface area contributed by atoms with Crippen molar-refractivity contribution in [1.82, 2.24) is 0 Å². The maximum atomic E-state index is 10.5. The van der Waals surface area contributed by atoms with Crippen molar-refractivity contribution in [1.29, 1.82) is 0 Å². The zero-order valence-electron chi connectivity index (χ0n) is 9.15. The molecule has 2 aromatic rings. The molecule has 0 saturated heterocycles. The van der Waals surface area contributed by atoms with Crippen LogP contribution in [0, 0.1) is 0 Å². The SMILES string of the molecule is COc1cc2cc(CC=O)sc2cc1OC. The molecule has 2 rings (SSSR count). The van der Waals surface area contributed by atoms with Crippen LogP contribution < -0.4 is 9.47 Å². The predicted octanol–water partition coefficient (Wildman–Crippen LogP) is 2.66. The monoisotopic (exact) mass is 236 g/mol. The molecule has 1 heterocycles. The lowest BCUT2D eigenvalue weighted by Crippen LogP contribution is -1.89. The van der Waals surface area contributed by atoms with Crippen LogP contribution >= 0.6 is 11.3 Å². The van der Waals surface area contributed by atoms with Crippen molar-refractivity contribution in [3.63, 3.8) is 0 Å². The molecule has 84 valence electrons. The smallest absolute Gasteiger partial charge is 0.162 e. The number of fused-ring (bicyclic) bond motifs is 1. The van der Waals surface area contributed by atoms with Gasteiger partial charge < -0.3 is 14.3 Å². The van der Waals surface area contributed by atoms with Gasteiger partial charge in [-0.15, -0.1) is 11.3 Å². The number of hydrogen-bond acceptors (Lipinski definition) is 4. The minimum Gasteiger partial charge on any atom is -0.493 e. The van der Waals surface area contributed by atoms with E-state index in [4.69, 9.17) is 9.47 Å². The summed E-state index contributed by atoms with van der Waals surface area (Å²) >= 11 is 1.60. The van der Waals surface area contributed by atoms with Crippen LogP contribution in [-0.2, 0) is 11.2 Å². The van der Waals surface area contributed by atoms with E-state index in [1.54, 1.807) is 25.6 Å². The highest BCUT2D eigenvalue weighted by atomic mass is 32.1. The van der Waals surface area contributed by atoms with Crippen molar-refractivity contribution in [2.45, 2.75) is 6.42 Å². The molecule has 0 bridgehead atoms. The summed E-state index contributed by atoms with van der Waals surface area (Å²) in [6.07, 6.45) is 1.38.